The van der Waals surface area contributed by atoms with Crippen molar-refractivity contribution in [2.24, 2.45) is 5.92 Å². The molecule has 2 aliphatic rings. The molecule has 1 aromatic rings. The minimum Gasteiger partial charge on any atom is -0.347 e. The molecule has 0 aromatic carbocycles. The van der Waals surface area contributed by atoms with E-state index in [4.69, 9.17) is 0 Å². The zero-order chi connectivity index (χ0) is 15.7. The van der Waals surface area contributed by atoms with Gasteiger partial charge in [-0.3, -0.25) is 9.69 Å². The van der Waals surface area contributed by atoms with Gasteiger partial charge in [0.05, 0.1) is 6.04 Å². The predicted octanol–water partition coefficient (Wildman–Crippen LogP) is 2.05. The zero-order valence-corrected chi connectivity index (χ0v) is 12.8. The molecule has 22 heavy (non-hydrogen) atoms. The van der Waals surface area contributed by atoms with Gasteiger partial charge < -0.3 is 9.88 Å². The highest BCUT2D eigenvalue weighted by Gasteiger charge is 2.40. The molecular formula is C15H22F2N4O. The molecule has 5 nitrogen and oxygen atoms in total. The van der Waals surface area contributed by atoms with Crippen LogP contribution in [0.2, 0.25) is 0 Å². The van der Waals surface area contributed by atoms with E-state index in [0.717, 1.165) is 12.4 Å². The first-order chi connectivity index (χ1) is 10.5. The minimum atomic E-state index is -2.59. The summed E-state index contributed by atoms with van der Waals surface area (Å²) in [5.41, 5.74) is 0. The van der Waals surface area contributed by atoms with Crippen LogP contribution in [0.5, 0.6) is 0 Å². The second kappa shape index (κ2) is 5.95. The van der Waals surface area contributed by atoms with E-state index in [-0.39, 0.29) is 30.7 Å². The highest BCUT2D eigenvalue weighted by atomic mass is 19.3. The quantitative estimate of drug-likeness (QED) is 0.909. The summed E-state index contributed by atoms with van der Waals surface area (Å²) < 4.78 is 26.5. The number of aromatic nitrogens is 2. The smallest absolute Gasteiger partial charge is 0.248 e. The number of nitrogens with zero attached hydrogens (tertiary/aromatic N) is 3. The Morgan fingerprint density at radius 2 is 2.09 bits per heavy atom. The average Bonchev–Trinajstić information content (AvgIpc) is 3.01. The van der Waals surface area contributed by atoms with Crippen LogP contribution < -0.4 is 0 Å². The maximum atomic E-state index is 13.2. The number of imidazole rings is 1. The van der Waals surface area contributed by atoms with E-state index in [9.17, 15) is 13.6 Å². The number of carbonyl (C=O) groups excluding carboxylic acids is 1. The monoisotopic (exact) mass is 312 g/mol. The van der Waals surface area contributed by atoms with E-state index in [1.54, 1.807) is 12.4 Å². The van der Waals surface area contributed by atoms with Crippen molar-refractivity contribution in [3.05, 3.63) is 18.2 Å². The average molecular weight is 312 g/mol. The molecule has 3 rings (SSSR count). The summed E-state index contributed by atoms with van der Waals surface area (Å²) in [6.07, 6.45) is 3.73. The van der Waals surface area contributed by atoms with Crippen molar-refractivity contribution in [1.82, 2.24) is 19.8 Å². The maximum Gasteiger partial charge on any atom is 0.248 e. The van der Waals surface area contributed by atoms with Gasteiger partial charge in [0.1, 0.15) is 5.82 Å². The molecule has 2 fully saturated rings. The summed E-state index contributed by atoms with van der Waals surface area (Å²) >= 11 is 0. The number of likely N-dealkylation sites (N-methyl/N-ethyl adjacent to an activating group) is 1. The van der Waals surface area contributed by atoms with Gasteiger partial charge >= 0.3 is 0 Å². The maximum absolute atomic E-state index is 13.2. The third-order valence-electron chi connectivity index (χ3n) is 4.86. The van der Waals surface area contributed by atoms with Crippen LogP contribution in [0.3, 0.4) is 0 Å². The largest absolute Gasteiger partial charge is 0.347 e. The number of alkyl halides is 2. The van der Waals surface area contributed by atoms with Crippen LogP contribution in [-0.4, -0.2) is 58.3 Å². The SMILES string of the molecule is CN1CCN(C(=O)C2CCC(F)(F)CC2)C[C@@H]1c1ncc[nH]1. The standard InChI is InChI=1S/C15H22F2N4O/c1-20-8-9-21(10-12(20)13-18-6-7-19-13)14(22)11-2-4-15(16,17)5-3-11/h6-7,11-12H,2-5,8-10H2,1H3,(H,18,19)/t12-/m1/s1. The highest BCUT2D eigenvalue weighted by molar-refractivity contribution is 5.79. The Labute approximate surface area is 128 Å². The number of H-pyrrole nitrogens is 1. The number of hydrogen-bond donors (Lipinski definition) is 1. The third kappa shape index (κ3) is 3.14. The fourth-order valence-corrected chi connectivity index (χ4v) is 3.37. The number of nitrogens with one attached hydrogen (secondary N) is 1. The molecule has 122 valence electrons. The van der Waals surface area contributed by atoms with E-state index in [1.807, 2.05) is 11.9 Å². The third-order valence-corrected chi connectivity index (χ3v) is 4.86. The van der Waals surface area contributed by atoms with Crippen molar-refractivity contribution >= 4 is 5.91 Å². The molecule has 1 aliphatic heterocycles. The van der Waals surface area contributed by atoms with Crippen molar-refractivity contribution in [2.75, 3.05) is 26.7 Å². The summed E-state index contributed by atoms with van der Waals surface area (Å²) in [6, 6.07) is 0.0396. The summed E-state index contributed by atoms with van der Waals surface area (Å²) in [4.78, 5) is 24.0. The van der Waals surface area contributed by atoms with Gasteiger partial charge in [0, 0.05) is 50.8 Å². The van der Waals surface area contributed by atoms with Crippen LogP contribution in [0.4, 0.5) is 8.78 Å². The Hall–Kier alpha value is -1.50. The topological polar surface area (TPSA) is 52.2 Å². The predicted molar refractivity (Wildman–Crippen MR) is 77.4 cm³/mol. The highest BCUT2D eigenvalue weighted by Crippen LogP contribution is 2.37. The molecule has 1 aliphatic carbocycles. The molecule has 1 atom stereocenters. The van der Waals surface area contributed by atoms with Crippen LogP contribution in [0.15, 0.2) is 12.4 Å². The lowest BCUT2D eigenvalue weighted by Crippen LogP contribution is -2.51. The van der Waals surface area contributed by atoms with Crippen molar-refractivity contribution in [3.8, 4) is 0 Å². The van der Waals surface area contributed by atoms with Gasteiger partial charge in [0.2, 0.25) is 11.8 Å². The van der Waals surface area contributed by atoms with Crippen molar-refractivity contribution < 1.29 is 13.6 Å². The van der Waals surface area contributed by atoms with Gasteiger partial charge in [-0.25, -0.2) is 13.8 Å². The van der Waals surface area contributed by atoms with E-state index in [0.29, 0.717) is 25.9 Å². The van der Waals surface area contributed by atoms with E-state index in [1.165, 1.54) is 0 Å². The number of rotatable bonds is 2. The molecule has 0 bridgehead atoms. The van der Waals surface area contributed by atoms with E-state index < -0.39 is 5.92 Å². The Balaban J connectivity index is 1.64. The molecule has 1 aromatic heterocycles. The first-order valence-electron chi connectivity index (χ1n) is 7.82. The first-order valence-corrected chi connectivity index (χ1v) is 7.82. The van der Waals surface area contributed by atoms with E-state index >= 15 is 0 Å². The van der Waals surface area contributed by atoms with Crippen LogP contribution in [-0.2, 0) is 4.79 Å². The summed E-state index contributed by atoms with van der Waals surface area (Å²) in [5.74, 6) is -1.97. The number of carbonyl (C=O) groups is 1. The van der Waals surface area contributed by atoms with Gasteiger partial charge in [0.25, 0.3) is 0 Å². The van der Waals surface area contributed by atoms with Crippen molar-refractivity contribution in [3.63, 3.8) is 0 Å². The molecule has 7 heteroatoms. The Morgan fingerprint density at radius 1 is 1.36 bits per heavy atom. The second-order valence-corrected chi connectivity index (χ2v) is 6.39. The number of piperazine rings is 1. The molecule has 0 spiro atoms. The van der Waals surface area contributed by atoms with Crippen LogP contribution in [0, 0.1) is 5.92 Å². The van der Waals surface area contributed by atoms with Crippen LogP contribution >= 0.6 is 0 Å². The zero-order valence-electron chi connectivity index (χ0n) is 12.8. The molecule has 1 N–H and O–H groups in total. The molecule has 1 saturated heterocycles. The van der Waals surface area contributed by atoms with Gasteiger partial charge in [-0.05, 0) is 19.9 Å². The summed E-state index contributed by atoms with van der Waals surface area (Å²) in [6.45, 7) is 1.98. The van der Waals surface area contributed by atoms with Crippen molar-refractivity contribution in [2.45, 2.75) is 37.6 Å². The number of halogens is 2. The lowest BCUT2D eigenvalue weighted by molar-refractivity contribution is -0.142. The molecular weight excluding hydrogens is 290 g/mol. The van der Waals surface area contributed by atoms with Crippen LogP contribution in [0.1, 0.15) is 37.5 Å². The molecule has 1 amide bonds. The lowest BCUT2D eigenvalue weighted by atomic mass is 9.85. The van der Waals surface area contributed by atoms with Gasteiger partial charge in [-0.2, -0.15) is 0 Å². The molecule has 2 heterocycles. The molecule has 0 radical (unpaired) electrons. The Kier molecular flexibility index (Phi) is 4.16. The number of aromatic amines is 1. The van der Waals surface area contributed by atoms with Gasteiger partial charge in [-0.15, -0.1) is 0 Å². The summed E-state index contributed by atoms with van der Waals surface area (Å²) in [5, 5.41) is 0. The number of amides is 1. The normalized spacial score (nSPS) is 27.0. The minimum absolute atomic E-state index is 0.0279. The summed E-state index contributed by atoms with van der Waals surface area (Å²) in [7, 11) is 2.01. The van der Waals surface area contributed by atoms with Crippen molar-refractivity contribution in [1.29, 1.82) is 0 Å². The number of hydrogen-bond acceptors (Lipinski definition) is 3. The second-order valence-electron chi connectivity index (χ2n) is 6.39. The van der Waals surface area contributed by atoms with Gasteiger partial charge in [-0.1, -0.05) is 0 Å². The van der Waals surface area contributed by atoms with Crippen LogP contribution in [0.25, 0.3) is 0 Å². The molecule has 1 saturated carbocycles. The fourth-order valence-electron chi connectivity index (χ4n) is 3.37. The lowest BCUT2D eigenvalue weighted by Gasteiger charge is -2.40. The van der Waals surface area contributed by atoms with Gasteiger partial charge in [0.15, 0.2) is 0 Å². The first kappa shape index (κ1) is 15.4. The molecule has 0 unspecified atom stereocenters. The Morgan fingerprint density at radius 3 is 2.73 bits per heavy atom. The van der Waals surface area contributed by atoms with E-state index in [2.05, 4.69) is 14.9 Å². The Bertz CT molecular complexity index is 510. The fraction of sp³-hybridized carbons (Fsp3) is 0.733.